The molecule has 0 aromatic heterocycles. The monoisotopic (exact) mass is 225 g/mol. The molecule has 0 spiro atoms. The maximum atomic E-state index is 7.21. The Morgan fingerprint density at radius 2 is 1.38 bits per heavy atom. The minimum absolute atomic E-state index is 0.795. The van der Waals surface area contributed by atoms with Gasteiger partial charge in [0, 0.05) is 0 Å². The second-order valence-corrected chi connectivity index (χ2v) is 5.00. The van der Waals surface area contributed by atoms with Crippen LogP contribution in [0.1, 0.15) is 84.5 Å². The third-order valence-electron chi connectivity index (χ3n) is 3.38. The summed E-state index contributed by atoms with van der Waals surface area (Å²) in [5.74, 6) is 0.795. The SMILES string of the molecule is CCCCCCCCC(CC=N)CCCC. The van der Waals surface area contributed by atoms with Crippen LogP contribution in [0.4, 0.5) is 0 Å². The summed E-state index contributed by atoms with van der Waals surface area (Å²) in [5.41, 5.74) is 0. The van der Waals surface area contributed by atoms with E-state index in [-0.39, 0.29) is 0 Å². The fourth-order valence-corrected chi connectivity index (χ4v) is 2.25. The summed E-state index contributed by atoms with van der Waals surface area (Å²) >= 11 is 0. The Bertz CT molecular complexity index is 142. The lowest BCUT2D eigenvalue weighted by Crippen LogP contribution is -2.01. The van der Waals surface area contributed by atoms with Crippen LogP contribution in [0.2, 0.25) is 0 Å². The molecule has 0 amide bonds. The van der Waals surface area contributed by atoms with Crippen molar-refractivity contribution < 1.29 is 0 Å². The van der Waals surface area contributed by atoms with Gasteiger partial charge in [-0.2, -0.15) is 0 Å². The van der Waals surface area contributed by atoms with Crippen LogP contribution in [0.15, 0.2) is 0 Å². The lowest BCUT2D eigenvalue weighted by molar-refractivity contribution is 0.424. The Labute approximate surface area is 103 Å². The molecule has 1 unspecified atom stereocenters. The zero-order valence-electron chi connectivity index (χ0n) is 11.4. The van der Waals surface area contributed by atoms with Crippen LogP contribution in [0.3, 0.4) is 0 Å². The van der Waals surface area contributed by atoms with E-state index in [0.717, 1.165) is 12.3 Å². The summed E-state index contributed by atoms with van der Waals surface area (Å²) < 4.78 is 0. The summed E-state index contributed by atoms with van der Waals surface area (Å²) in [4.78, 5) is 0. The van der Waals surface area contributed by atoms with Gasteiger partial charge in [0.1, 0.15) is 0 Å². The highest BCUT2D eigenvalue weighted by atomic mass is 14.3. The van der Waals surface area contributed by atoms with Gasteiger partial charge in [0.2, 0.25) is 0 Å². The lowest BCUT2D eigenvalue weighted by Gasteiger charge is -2.13. The van der Waals surface area contributed by atoms with Gasteiger partial charge in [-0.1, -0.05) is 78.1 Å². The zero-order valence-corrected chi connectivity index (χ0v) is 11.4. The van der Waals surface area contributed by atoms with Crippen molar-refractivity contribution in [2.24, 2.45) is 5.92 Å². The molecule has 1 N–H and O–H groups in total. The molecule has 1 heteroatoms. The van der Waals surface area contributed by atoms with Gasteiger partial charge in [0.25, 0.3) is 0 Å². The largest absolute Gasteiger partial charge is 0.313 e. The van der Waals surface area contributed by atoms with Crippen LogP contribution in [0, 0.1) is 11.3 Å². The van der Waals surface area contributed by atoms with Crippen LogP contribution in [-0.4, -0.2) is 6.21 Å². The second-order valence-electron chi connectivity index (χ2n) is 5.00. The van der Waals surface area contributed by atoms with Crippen LogP contribution in [-0.2, 0) is 0 Å². The predicted octanol–water partition coefficient (Wildman–Crippen LogP) is 5.58. The molecule has 0 aliphatic carbocycles. The fraction of sp³-hybridized carbons (Fsp3) is 0.933. The summed E-state index contributed by atoms with van der Waals surface area (Å²) in [5, 5.41) is 7.21. The first-order valence-electron chi connectivity index (χ1n) is 7.34. The molecular weight excluding hydrogens is 194 g/mol. The first-order chi connectivity index (χ1) is 7.85. The van der Waals surface area contributed by atoms with Crippen molar-refractivity contribution in [3.8, 4) is 0 Å². The average molecular weight is 225 g/mol. The number of hydrogen-bond donors (Lipinski definition) is 1. The molecule has 0 bridgehead atoms. The highest BCUT2D eigenvalue weighted by Gasteiger charge is 2.06. The first-order valence-corrected chi connectivity index (χ1v) is 7.34. The van der Waals surface area contributed by atoms with E-state index in [1.165, 1.54) is 64.2 Å². The van der Waals surface area contributed by atoms with Crippen molar-refractivity contribution in [3.05, 3.63) is 0 Å². The zero-order chi connectivity index (χ0) is 12.1. The molecule has 0 rings (SSSR count). The van der Waals surface area contributed by atoms with Gasteiger partial charge in [-0.25, -0.2) is 0 Å². The smallest absolute Gasteiger partial charge is 0.00450 e. The van der Waals surface area contributed by atoms with E-state index in [4.69, 9.17) is 5.41 Å². The van der Waals surface area contributed by atoms with Gasteiger partial charge in [-0.3, -0.25) is 0 Å². The van der Waals surface area contributed by atoms with E-state index in [1.807, 2.05) is 0 Å². The van der Waals surface area contributed by atoms with Gasteiger partial charge >= 0.3 is 0 Å². The molecule has 0 heterocycles. The summed E-state index contributed by atoms with van der Waals surface area (Å²) in [6, 6.07) is 0. The highest BCUT2D eigenvalue weighted by Crippen LogP contribution is 2.19. The fourth-order valence-electron chi connectivity index (χ4n) is 2.25. The van der Waals surface area contributed by atoms with E-state index in [2.05, 4.69) is 13.8 Å². The van der Waals surface area contributed by atoms with Crippen molar-refractivity contribution in [1.29, 1.82) is 5.41 Å². The first kappa shape index (κ1) is 15.7. The van der Waals surface area contributed by atoms with Gasteiger partial charge in [0.05, 0.1) is 0 Å². The Morgan fingerprint density at radius 1 is 0.812 bits per heavy atom. The van der Waals surface area contributed by atoms with E-state index >= 15 is 0 Å². The summed E-state index contributed by atoms with van der Waals surface area (Å²) in [6.45, 7) is 4.52. The number of rotatable bonds is 12. The standard InChI is InChI=1S/C15H31N/c1-3-5-7-8-9-10-12-15(13-14-16)11-6-4-2/h14-16H,3-13H2,1-2H3. The average Bonchev–Trinajstić information content (AvgIpc) is 2.30. The Hall–Kier alpha value is -0.330. The molecule has 1 nitrogen and oxygen atoms in total. The topological polar surface area (TPSA) is 23.9 Å². The lowest BCUT2D eigenvalue weighted by atomic mass is 9.92. The minimum Gasteiger partial charge on any atom is -0.313 e. The Kier molecular flexibility index (Phi) is 12.5. The molecular formula is C15H31N. The molecule has 0 aliphatic rings. The molecule has 0 radical (unpaired) electrons. The molecule has 0 aromatic rings. The third-order valence-corrected chi connectivity index (χ3v) is 3.38. The van der Waals surface area contributed by atoms with E-state index in [1.54, 1.807) is 6.21 Å². The molecule has 0 saturated carbocycles. The maximum Gasteiger partial charge on any atom is -0.00450 e. The number of hydrogen-bond acceptors (Lipinski definition) is 1. The molecule has 16 heavy (non-hydrogen) atoms. The van der Waals surface area contributed by atoms with E-state index in [0.29, 0.717) is 0 Å². The number of unbranched alkanes of at least 4 members (excludes halogenated alkanes) is 6. The van der Waals surface area contributed by atoms with Crippen molar-refractivity contribution in [2.45, 2.75) is 84.5 Å². The molecule has 1 atom stereocenters. The quantitative estimate of drug-likeness (QED) is 0.331. The molecule has 0 saturated heterocycles. The molecule has 0 aliphatic heterocycles. The number of nitrogens with one attached hydrogen (secondary N) is 1. The van der Waals surface area contributed by atoms with Gasteiger partial charge in [-0.15, -0.1) is 0 Å². The maximum absolute atomic E-state index is 7.21. The Balaban J connectivity index is 3.39. The molecule has 0 fully saturated rings. The summed E-state index contributed by atoms with van der Waals surface area (Å²) in [7, 11) is 0. The van der Waals surface area contributed by atoms with Crippen LogP contribution in [0.5, 0.6) is 0 Å². The molecule has 96 valence electrons. The normalized spacial score (nSPS) is 12.6. The second kappa shape index (κ2) is 12.7. The van der Waals surface area contributed by atoms with Gasteiger partial charge in [-0.05, 0) is 18.6 Å². The van der Waals surface area contributed by atoms with Crippen molar-refractivity contribution in [2.75, 3.05) is 0 Å². The third kappa shape index (κ3) is 10.2. The Morgan fingerprint density at radius 3 is 2.00 bits per heavy atom. The van der Waals surface area contributed by atoms with Crippen molar-refractivity contribution >= 4 is 6.21 Å². The summed E-state index contributed by atoms with van der Waals surface area (Å²) in [6.07, 6.45) is 16.3. The highest BCUT2D eigenvalue weighted by molar-refractivity contribution is 5.53. The minimum atomic E-state index is 0.795. The van der Waals surface area contributed by atoms with E-state index < -0.39 is 0 Å². The van der Waals surface area contributed by atoms with Crippen LogP contribution in [0.25, 0.3) is 0 Å². The van der Waals surface area contributed by atoms with Gasteiger partial charge < -0.3 is 5.41 Å². The van der Waals surface area contributed by atoms with Gasteiger partial charge in [0.15, 0.2) is 0 Å². The van der Waals surface area contributed by atoms with Crippen molar-refractivity contribution in [1.82, 2.24) is 0 Å². The molecule has 0 aromatic carbocycles. The van der Waals surface area contributed by atoms with E-state index in [9.17, 15) is 0 Å². The predicted molar refractivity (Wildman–Crippen MR) is 74.4 cm³/mol. The van der Waals surface area contributed by atoms with Crippen molar-refractivity contribution in [3.63, 3.8) is 0 Å². The van der Waals surface area contributed by atoms with Crippen LogP contribution >= 0.6 is 0 Å². The van der Waals surface area contributed by atoms with Crippen LogP contribution < -0.4 is 0 Å².